The highest BCUT2D eigenvalue weighted by atomic mass is 19.4. The average molecular weight is 304 g/mol. The first-order valence-electron chi connectivity index (χ1n) is 4.77. The molecule has 0 saturated carbocycles. The molecule has 114 valence electrons. The van der Waals surface area contributed by atoms with Gasteiger partial charge in [0.05, 0.1) is 6.61 Å². The Balaban J connectivity index is 5.22. The fraction of sp³-hybridized carbons (Fsp3) is 0.778. The average Bonchev–Trinajstić information content (AvgIpc) is 2.22. The number of hydrogen-bond donors (Lipinski definition) is 0. The maximum atomic E-state index is 12.8. The third-order valence-corrected chi connectivity index (χ3v) is 1.91. The largest absolute Gasteiger partial charge is 0.460 e. The Kier molecular flexibility index (Phi) is 5.32. The van der Waals surface area contributed by atoms with Crippen molar-refractivity contribution >= 4 is 0 Å². The van der Waals surface area contributed by atoms with Crippen LogP contribution in [0.15, 0.2) is 12.2 Å². The zero-order chi connectivity index (χ0) is 15.5. The van der Waals surface area contributed by atoms with Gasteiger partial charge in [-0.2, -0.15) is 39.5 Å². The van der Waals surface area contributed by atoms with Crippen molar-refractivity contribution in [2.75, 3.05) is 13.2 Å². The number of alkyl halides is 9. The van der Waals surface area contributed by atoms with Crippen molar-refractivity contribution in [2.24, 2.45) is 0 Å². The smallest absolute Gasteiger partial charge is 0.378 e. The van der Waals surface area contributed by atoms with Crippen molar-refractivity contribution in [2.45, 2.75) is 30.9 Å². The molecule has 1 nitrogen and oxygen atoms in total. The minimum atomic E-state index is -6.86. The van der Waals surface area contributed by atoms with Crippen molar-refractivity contribution in [3.8, 4) is 0 Å². The minimum absolute atomic E-state index is 0.0189. The molecule has 0 unspecified atom stereocenters. The lowest BCUT2D eigenvalue weighted by atomic mass is 10.0. The van der Waals surface area contributed by atoms with Gasteiger partial charge in [-0.1, -0.05) is 6.08 Å². The molecule has 0 N–H and O–H groups in total. The van der Waals surface area contributed by atoms with Crippen LogP contribution in [0.1, 0.15) is 6.92 Å². The van der Waals surface area contributed by atoms with Gasteiger partial charge in [0.15, 0.2) is 0 Å². The number of ether oxygens (including phenoxy) is 1. The van der Waals surface area contributed by atoms with E-state index in [1.54, 1.807) is 0 Å². The van der Waals surface area contributed by atoms with Crippen LogP contribution in [0.5, 0.6) is 0 Å². The van der Waals surface area contributed by atoms with E-state index in [0.29, 0.717) is 0 Å². The topological polar surface area (TPSA) is 9.23 Å². The van der Waals surface area contributed by atoms with Crippen molar-refractivity contribution in [1.29, 1.82) is 0 Å². The van der Waals surface area contributed by atoms with Crippen LogP contribution in [0.4, 0.5) is 39.5 Å². The molecular formula is C9H9F9O. The fourth-order valence-electron chi connectivity index (χ4n) is 0.874. The summed E-state index contributed by atoms with van der Waals surface area (Å²) in [4.78, 5) is 0. The summed E-state index contributed by atoms with van der Waals surface area (Å²) < 4.78 is 115. The molecule has 0 fully saturated rings. The van der Waals surface area contributed by atoms with Gasteiger partial charge in [0, 0.05) is 6.61 Å². The van der Waals surface area contributed by atoms with Gasteiger partial charge in [0.1, 0.15) is 0 Å². The Labute approximate surface area is 102 Å². The first-order chi connectivity index (χ1) is 8.31. The molecule has 0 saturated heterocycles. The highest BCUT2D eigenvalue weighted by Gasteiger charge is 2.81. The first-order valence-corrected chi connectivity index (χ1v) is 4.77. The number of halogens is 9. The van der Waals surface area contributed by atoms with Crippen molar-refractivity contribution in [1.82, 2.24) is 0 Å². The summed E-state index contributed by atoms with van der Waals surface area (Å²) in [5, 5.41) is 0. The van der Waals surface area contributed by atoms with Gasteiger partial charge < -0.3 is 4.74 Å². The molecule has 0 aliphatic rings. The van der Waals surface area contributed by atoms with E-state index in [1.807, 2.05) is 0 Å². The lowest BCUT2D eigenvalue weighted by Crippen LogP contribution is -2.60. The summed E-state index contributed by atoms with van der Waals surface area (Å²) in [6.45, 7) is 0.823. The maximum Gasteiger partial charge on any atom is 0.460 e. The van der Waals surface area contributed by atoms with E-state index in [0.717, 1.165) is 0 Å². The molecule has 0 amide bonds. The number of hydrogen-bond acceptors (Lipinski definition) is 1. The highest BCUT2D eigenvalue weighted by Crippen LogP contribution is 2.53. The van der Waals surface area contributed by atoms with Crippen LogP contribution < -0.4 is 0 Å². The third-order valence-electron chi connectivity index (χ3n) is 1.91. The van der Waals surface area contributed by atoms with Gasteiger partial charge in [0.2, 0.25) is 0 Å². The summed E-state index contributed by atoms with van der Waals surface area (Å²) in [6.07, 6.45) is -7.29. The van der Waals surface area contributed by atoms with E-state index < -0.39 is 36.6 Å². The normalized spacial score (nSPS) is 15.3. The van der Waals surface area contributed by atoms with E-state index in [9.17, 15) is 39.5 Å². The lowest BCUT2D eigenvalue weighted by Gasteiger charge is -2.32. The molecule has 0 aliphatic carbocycles. The summed E-state index contributed by atoms with van der Waals surface area (Å²) in [5.74, 6) is -19.1. The van der Waals surface area contributed by atoms with Crippen LogP contribution in [0.3, 0.4) is 0 Å². The van der Waals surface area contributed by atoms with Crippen LogP contribution >= 0.6 is 0 Å². The van der Waals surface area contributed by atoms with E-state index in [-0.39, 0.29) is 12.7 Å². The van der Waals surface area contributed by atoms with E-state index in [2.05, 4.69) is 4.74 Å². The van der Waals surface area contributed by atoms with Crippen LogP contribution in [0.25, 0.3) is 0 Å². The second-order valence-corrected chi connectivity index (χ2v) is 3.33. The molecule has 0 atom stereocenters. The van der Waals surface area contributed by atoms with Gasteiger partial charge in [-0.15, -0.1) is 0 Å². The van der Waals surface area contributed by atoms with E-state index in [4.69, 9.17) is 0 Å². The standard InChI is InChI=1S/C9H9F9O/c1-2-19-5-3-4-6(10,11)7(12,13)8(14,15)9(16,17)18/h3-4H,2,5H2,1H3. The molecule has 10 heteroatoms. The van der Waals surface area contributed by atoms with Crippen molar-refractivity contribution in [3.63, 3.8) is 0 Å². The van der Waals surface area contributed by atoms with Crippen LogP contribution in [-0.4, -0.2) is 37.2 Å². The Hall–Kier alpha value is -0.930. The Morgan fingerprint density at radius 3 is 1.68 bits per heavy atom. The summed E-state index contributed by atoms with van der Waals surface area (Å²) in [7, 11) is 0. The van der Waals surface area contributed by atoms with Crippen molar-refractivity contribution < 1.29 is 44.3 Å². The lowest BCUT2D eigenvalue weighted by molar-refractivity contribution is -0.388. The summed E-state index contributed by atoms with van der Waals surface area (Å²) in [6, 6.07) is 0. The maximum absolute atomic E-state index is 12.8. The van der Waals surface area contributed by atoms with E-state index in [1.165, 1.54) is 6.92 Å². The van der Waals surface area contributed by atoms with Crippen LogP contribution in [0.2, 0.25) is 0 Å². The Morgan fingerprint density at radius 2 is 1.32 bits per heavy atom. The molecule has 0 aromatic rings. The van der Waals surface area contributed by atoms with E-state index >= 15 is 0 Å². The monoisotopic (exact) mass is 304 g/mol. The zero-order valence-electron chi connectivity index (χ0n) is 9.38. The molecule has 0 aromatic carbocycles. The molecule has 0 rings (SSSR count). The molecule has 0 bridgehead atoms. The van der Waals surface area contributed by atoms with Gasteiger partial charge in [-0.3, -0.25) is 0 Å². The third kappa shape index (κ3) is 3.54. The van der Waals surface area contributed by atoms with Gasteiger partial charge in [0.25, 0.3) is 0 Å². The number of rotatable bonds is 6. The van der Waals surface area contributed by atoms with Crippen molar-refractivity contribution in [3.05, 3.63) is 12.2 Å². The second-order valence-electron chi connectivity index (χ2n) is 3.33. The highest BCUT2D eigenvalue weighted by molar-refractivity contribution is 5.10. The zero-order valence-corrected chi connectivity index (χ0v) is 9.38. The SMILES string of the molecule is CCOCC=CC(F)(F)C(F)(F)C(F)(F)C(F)(F)F. The molecule has 0 aromatic heterocycles. The molecular weight excluding hydrogens is 295 g/mol. The van der Waals surface area contributed by atoms with Gasteiger partial charge in [-0.05, 0) is 13.0 Å². The fourth-order valence-corrected chi connectivity index (χ4v) is 0.874. The molecule has 0 heterocycles. The Bertz CT molecular complexity index is 318. The predicted octanol–water partition coefficient (Wildman–Crippen LogP) is 4.05. The minimum Gasteiger partial charge on any atom is -0.378 e. The Morgan fingerprint density at radius 1 is 0.842 bits per heavy atom. The van der Waals surface area contributed by atoms with Crippen LogP contribution in [0, 0.1) is 0 Å². The molecule has 0 aliphatic heterocycles. The van der Waals surface area contributed by atoms with Gasteiger partial charge >= 0.3 is 23.9 Å². The van der Waals surface area contributed by atoms with Crippen LogP contribution in [-0.2, 0) is 4.74 Å². The first kappa shape index (κ1) is 18.1. The molecule has 0 radical (unpaired) electrons. The molecule has 19 heavy (non-hydrogen) atoms. The predicted molar refractivity (Wildman–Crippen MR) is 46.5 cm³/mol. The summed E-state index contributed by atoms with van der Waals surface area (Å²) >= 11 is 0. The number of allylic oxidation sites excluding steroid dienone is 1. The summed E-state index contributed by atoms with van der Waals surface area (Å²) in [5.41, 5.74) is 0. The second kappa shape index (κ2) is 5.59. The molecule has 0 spiro atoms. The van der Waals surface area contributed by atoms with Gasteiger partial charge in [-0.25, -0.2) is 0 Å². The quantitative estimate of drug-likeness (QED) is 0.409.